The van der Waals surface area contributed by atoms with E-state index in [0.717, 1.165) is 48.5 Å². The third-order valence-electron chi connectivity index (χ3n) is 13.7. The fraction of sp³-hybridized carbons (Fsp3) is 0.141. The maximum Gasteiger partial charge on any atom is 0.507 e. The van der Waals surface area contributed by atoms with Crippen molar-refractivity contribution in [2.75, 3.05) is 43.0 Å². The second-order valence-electron chi connectivity index (χ2n) is 20.8. The van der Waals surface area contributed by atoms with Gasteiger partial charge >= 0.3 is 13.1 Å². The molecule has 0 saturated heterocycles. The van der Waals surface area contributed by atoms with E-state index < -0.39 is 13.1 Å². The molecule has 0 spiro atoms. The summed E-state index contributed by atoms with van der Waals surface area (Å²) in [5.74, 6) is -0.436. The molecule has 11 aromatic rings. The molecule has 3 aromatic heterocycles. The minimum absolute atomic E-state index is 0. The minimum Gasteiger partial charge on any atom is -0.506 e. The van der Waals surface area contributed by atoms with Crippen LogP contribution in [0.25, 0.3) is 22.5 Å². The van der Waals surface area contributed by atoms with Crippen molar-refractivity contribution >= 4 is 137 Å². The number of aryl methyl sites for hydroxylation is 6. The lowest BCUT2D eigenvalue weighted by molar-refractivity contribution is 0.0692. The normalized spacial score (nSPS) is 10.1. The molecule has 0 aliphatic carbocycles. The van der Waals surface area contributed by atoms with Crippen LogP contribution >= 0.6 is 78.3 Å². The molecule has 11 rings (SSSR count). The number of carboxylic acids is 1. The predicted octanol–water partition coefficient (Wildman–Crippen LogP) is 15.8. The van der Waals surface area contributed by atoms with Crippen LogP contribution in [0.1, 0.15) is 65.9 Å². The first-order valence-electron chi connectivity index (χ1n) is 29.1. The first kappa shape index (κ1) is 80.1. The van der Waals surface area contributed by atoms with E-state index in [1.165, 1.54) is 17.9 Å². The summed E-state index contributed by atoms with van der Waals surface area (Å²) in [6.07, 6.45) is 0. The van der Waals surface area contributed by atoms with Crippen LogP contribution in [0.4, 0.5) is 22.7 Å². The van der Waals surface area contributed by atoms with Crippen molar-refractivity contribution in [2.45, 2.75) is 28.2 Å². The van der Waals surface area contributed by atoms with Crippen LogP contribution in [0, 0.1) is 20.8 Å². The summed E-state index contributed by atoms with van der Waals surface area (Å²) >= 11 is 30.2. The molecule has 8 aromatic carbocycles. The Hall–Kier alpha value is -9.63. The number of para-hydroxylation sites is 1. The number of hydrogen-bond acceptors (Lipinski definition) is 14. The molecule has 0 aliphatic rings. The Morgan fingerprint density at radius 3 is 1.18 bits per heavy atom. The van der Waals surface area contributed by atoms with Crippen molar-refractivity contribution in [3.8, 4) is 45.5 Å². The number of ether oxygens (including phenoxy) is 3. The highest BCUT2D eigenvalue weighted by molar-refractivity contribution is 9.10. The maximum atomic E-state index is 12.5. The quantitative estimate of drug-likeness (QED) is 0.0302. The van der Waals surface area contributed by atoms with Gasteiger partial charge in [0.25, 0.3) is 17.7 Å². The fourth-order valence-electron chi connectivity index (χ4n) is 8.97. The van der Waals surface area contributed by atoms with Gasteiger partial charge in [0.05, 0.1) is 115 Å². The monoisotopic (exact) mass is 1550 g/mol. The van der Waals surface area contributed by atoms with Crippen molar-refractivity contribution in [2.24, 2.45) is 21.1 Å². The predicted molar refractivity (Wildman–Crippen MR) is 402 cm³/mol. The number of nitrogen functional groups attached to an aromatic ring is 1. The Bertz CT molecular complexity index is 4570. The van der Waals surface area contributed by atoms with Gasteiger partial charge in [0.1, 0.15) is 28.6 Å². The summed E-state index contributed by atoms with van der Waals surface area (Å²) in [6, 6.07) is 54.1. The Labute approximate surface area is 610 Å². The number of aromatic nitrogens is 6. The van der Waals surface area contributed by atoms with E-state index in [-0.39, 0.29) is 36.5 Å². The Morgan fingerprint density at radius 1 is 0.465 bits per heavy atom. The van der Waals surface area contributed by atoms with E-state index in [1.54, 1.807) is 160 Å². The van der Waals surface area contributed by atoms with Crippen LogP contribution < -0.4 is 41.5 Å². The van der Waals surface area contributed by atoms with E-state index >= 15 is 0 Å². The van der Waals surface area contributed by atoms with Crippen molar-refractivity contribution in [1.29, 1.82) is 0 Å². The number of aromatic hydroxyl groups is 1. The zero-order chi connectivity index (χ0) is 71.9. The minimum atomic E-state index is -1.42. The number of anilines is 4. The van der Waals surface area contributed by atoms with Crippen molar-refractivity contribution in [3.05, 3.63) is 256 Å². The van der Waals surface area contributed by atoms with Crippen molar-refractivity contribution in [1.82, 2.24) is 29.3 Å². The summed E-state index contributed by atoms with van der Waals surface area (Å²) in [5, 5.41) is 59.0. The molecule has 0 unspecified atom stereocenters. The number of carbonyl (C=O) groups excluding carboxylic acids is 3. The number of phenolic OH excluding ortho intramolecular Hbond substituents is 1. The number of hydrogen-bond donors (Lipinski definition) is 8. The highest BCUT2D eigenvalue weighted by atomic mass is 79.9. The van der Waals surface area contributed by atoms with Crippen LogP contribution in [0.2, 0.25) is 20.1 Å². The number of carboxylic acid groups (broad SMARTS) is 1. The van der Waals surface area contributed by atoms with Gasteiger partial charge in [0.15, 0.2) is 0 Å². The van der Waals surface area contributed by atoms with Crippen LogP contribution in [0.3, 0.4) is 0 Å². The van der Waals surface area contributed by atoms with E-state index in [4.69, 9.17) is 81.5 Å². The lowest BCUT2D eigenvalue weighted by Gasteiger charge is -2.13. The standard InChI is InChI=1S/C19H18ClN3O2.C18H16ClN3O2.C14H11BrClNO2.C8H7BrO3.C6H6ClN.C5H9BN2O2.CH4/c1-12-10-17(23(2)22-12)13-8-9-16(18(11-13)25-3)21-19(24)14-6-4-5-7-15(14)20;1-11-9-16(22(2)21-11)12-7-8-15(17(23)10-12)20-18(24)13-5-3-4-6-14(13)19;1-19-13-8-9(15)6-7-12(13)17-14(18)10-4-2-3-5-11(10)16;1-12-7-4-5(9)2-3-6(7)8(10)11;7-5-3-1-2-4-6(5)8;1-4-3-5(6(9)10)8(2)7-4;/h4-11H,1-3H3,(H,21,24);3-10,23H,1-2H3,(H,20,24);2-8H,1H3,(H,17,18);2-4H,1H3,(H,10,11);1-4H,8H2;3,9-10H,1-2H3;1H4. The molecule has 0 fully saturated rings. The Morgan fingerprint density at radius 2 is 0.828 bits per heavy atom. The average Bonchev–Trinajstić information content (AvgIpc) is 1.79. The number of halogens is 6. The number of nitrogens with zero attached hydrogens (tertiary/aromatic N) is 6. The third-order valence-corrected chi connectivity index (χ3v) is 16.0. The molecule has 3 heterocycles. The Kier molecular flexibility index (Phi) is 31.1. The maximum absolute atomic E-state index is 12.5. The van der Waals surface area contributed by atoms with E-state index in [9.17, 15) is 24.3 Å². The highest BCUT2D eigenvalue weighted by Crippen LogP contribution is 2.34. The second-order valence-corrected chi connectivity index (χ2v) is 24.2. The molecule has 99 heavy (non-hydrogen) atoms. The van der Waals surface area contributed by atoms with E-state index in [0.29, 0.717) is 82.4 Å². The molecular weight excluding hydrogens is 1480 g/mol. The first-order chi connectivity index (χ1) is 46.6. The molecule has 0 saturated carbocycles. The number of benzene rings is 8. The molecule has 28 heteroatoms. The number of rotatable bonds is 13. The van der Waals surface area contributed by atoms with Gasteiger partial charge in [0, 0.05) is 41.2 Å². The third kappa shape index (κ3) is 23.3. The zero-order valence-electron chi connectivity index (χ0n) is 54.2. The number of aromatic carboxylic acids is 1. The number of nitrogens with two attached hydrogens (primary N) is 1. The molecule has 0 radical (unpaired) electrons. The van der Waals surface area contributed by atoms with Gasteiger partial charge < -0.3 is 56.2 Å². The molecule has 0 atom stereocenters. The van der Waals surface area contributed by atoms with E-state index in [1.807, 2.05) is 87.2 Å². The van der Waals surface area contributed by atoms with Crippen LogP contribution in [-0.4, -0.2) is 102 Å². The number of phenols is 1. The number of amides is 3. The summed E-state index contributed by atoms with van der Waals surface area (Å²) < 4.78 is 22.2. The molecule has 0 bridgehead atoms. The molecule has 3 amide bonds. The average molecular weight is 1550 g/mol. The van der Waals surface area contributed by atoms with Gasteiger partial charge in [-0.05, 0) is 148 Å². The fourth-order valence-corrected chi connectivity index (χ4v) is 10.5. The second kappa shape index (κ2) is 38.5. The smallest absolute Gasteiger partial charge is 0.506 e. The first-order valence-corrected chi connectivity index (χ1v) is 32.2. The van der Waals surface area contributed by atoms with Crippen molar-refractivity contribution < 1.29 is 53.6 Å². The molecule has 21 nitrogen and oxygen atoms in total. The van der Waals surface area contributed by atoms with Gasteiger partial charge in [-0.2, -0.15) is 15.3 Å². The van der Waals surface area contributed by atoms with Crippen LogP contribution in [-0.2, 0) is 21.1 Å². The van der Waals surface area contributed by atoms with Gasteiger partial charge in [0.2, 0.25) is 0 Å². The number of carbonyl (C=O) groups is 4. The van der Waals surface area contributed by atoms with Gasteiger partial charge in [-0.3, -0.25) is 28.4 Å². The van der Waals surface area contributed by atoms with Crippen LogP contribution in [0.15, 0.2) is 197 Å². The largest absolute Gasteiger partial charge is 0.507 e. The lowest BCUT2D eigenvalue weighted by Crippen LogP contribution is -2.35. The molecule has 9 N–H and O–H groups in total. The molecular formula is C71H71BBr2Cl4N10O11. The molecule has 516 valence electrons. The molecule has 0 aliphatic heterocycles. The van der Waals surface area contributed by atoms with E-state index in [2.05, 4.69) is 63.1 Å². The van der Waals surface area contributed by atoms with Gasteiger partial charge in [-0.25, -0.2) is 4.79 Å². The van der Waals surface area contributed by atoms with Gasteiger partial charge in [-0.15, -0.1) is 0 Å². The van der Waals surface area contributed by atoms with Crippen molar-refractivity contribution in [3.63, 3.8) is 0 Å². The number of nitrogens with one attached hydrogen (secondary N) is 3. The Balaban J connectivity index is 0.000000223. The number of methoxy groups -OCH3 is 3. The highest BCUT2D eigenvalue weighted by Gasteiger charge is 2.19. The van der Waals surface area contributed by atoms with Gasteiger partial charge in [-0.1, -0.05) is 146 Å². The summed E-state index contributed by atoms with van der Waals surface area (Å²) in [6.45, 7) is 5.65. The van der Waals surface area contributed by atoms with Crippen LogP contribution in [0.5, 0.6) is 23.0 Å². The summed E-state index contributed by atoms with van der Waals surface area (Å²) in [4.78, 5) is 47.5. The summed E-state index contributed by atoms with van der Waals surface area (Å²) in [7, 11) is 8.53. The summed E-state index contributed by atoms with van der Waals surface area (Å²) in [5.41, 5.74) is 15.5. The SMILES string of the molecule is C.COc1cc(-c2cc(C)nn2C)ccc1NC(=O)c1ccccc1Cl.COc1cc(Br)ccc1C(=O)O.COc1cc(Br)ccc1NC(=O)c1ccccc1Cl.Cc1cc(-c2ccc(NC(=O)c3ccccc3Cl)c(O)c2)n(C)n1.Cc1cc(B(O)O)n(C)n1.Nc1ccccc1Cl. The topological polar surface area (TPSA) is 292 Å². The lowest BCUT2D eigenvalue weighted by atomic mass is 9.86. The zero-order valence-corrected chi connectivity index (χ0v) is 60.3.